The van der Waals surface area contributed by atoms with Crippen LogP contribution in [0.4, 0.5) is 11.5 Å². The van der Waals surface area contributed by atoms with Gasteiger partial charge in [-0.3, -0.25) is 9.59 Å². The van der Waals surface area contributed by atoms with Gasteiger partial charge in [-0.05, 0) is 31.9 Å². The summed E-state index contributed by atoms with van der Waals surface area (Å²) in [5, 5.41) is 7.02. The van der Waals surface area contributed by atoms with Crippen LogP contribution in [0.2, 0.25) is 0 Å². The van der Waals surface area contributed by atoms with Crippen LogP contribution in [-0.2, 0) is 4.79 Å². The molecule has 1 amide bonds. The minimum Gasteiger partial charge on any atom is -0.356 e. The molecule has 1 aliphatic heterocycles. The third-order valence-electron chi connectivity index (χ3n) is 5.02. The number of hydrogen-bond donors (Lipinski definition) is 1. The maximum atomic E-state index is 12.6. The third-order valence-corrected chi connectivity index (χ3v) is 5.02. The lowest BCUT2D eigenvalue weighted by Crippen LogP contribution is -2.38. The van der Waals surface area contributed by atoms with Gasteiger partial charge in [-0.1, -0.05) is 12.1 Å². The summed E-state index contributed by atoms with van der Waals surface area (Å²) in [7, 11) is 0. The molecule has 0 saturated carbocycles. The van der Waals surface area contributed by atoms with Gasteiger partial charge in [-0.25, -0.2) is 19.6 Å². The number of rotatable bonds is 5. The van der Waals surface area contributed by atoms with Crippen molar-refractivity contribution >= 4 is 23.2 Å². The van der Waals surface area contributed by atoms with E-state index in [1.54, 1.807) is 35.3 Å². The number of benzene rings is 1. The Kier molecular flexibility index (Phi) is 5.28. The topological polar surface area (TPSA) is 106 Å². The second-order valence-corrected chi connectivity index (χ2v) is 6.96. The predicted molar refractivity (Wildman–Crippen MR) is 107 cm³/mol. The van der Waals surface area contributed by atoms with Gasteiger partial charge in [0.2, 0.25) is 5.91 Å². The zero-order valence-corrected chi connectivity index (χ0v) is 16.0. The van der Waals surface area contributed by atoms with E-state index in [1.807, 2.05) is 6.07 Å². The van der Waals surface area contributed by atoms with Crippen molar-refractivity contribution in [2.24, 2.45) is 5.92 Å². The number of nitrogens with one attached hydrogen (secondary N) is 1. The van der Waals surface area contributed by atoms with Crippen molar-refractivity contribution < 1.29 is 9.59 Å². The van der Waals surface area contributed by atoms with Crippen molar-refractivity contribution in [3.05, 3.63) is 54.9 Å². The molecule has 0 spiro atoms. The quantitative estimate of drug-likeness (QED) is 0.664. The minimum absolute atomic E-state index is 0.0173. The molecule has 9 nitrogen and oxygen atoms in total. The Bertz CT molecular complexity index is 1010. The fourth-order valence-electron chi connectivity index (χ4n) is 3.39. The van der Waals surface area contributed by atoms with Crippen molar-refractivity contribution in [1.82, 2.24) is 24.7 Å². The summed E-state index contributed by atoms with van der Waals surface area (Å²) in [5.74, 6) is 1.33. The molecule has 9 heteroatoms. The second-order valence-electron chi connectivity index (χ2n) is 6.96. The molecule has 0 unspecified atom stereocenters. The molecule has 1 fully saturated rings. The molecule has 4 rings (SSSR count). The zero-order chi connectivity index (χ0) is 20.2. The van der Waals surface area contributed by atoms with Crippen LogP contribution in [0.3, 0.4) is 0 Å². The fraction of sp³-hybridized carbons (Fsp3) is 0.300. The largest absolute Gasteiger partial charge is 0.356 e. The van der Waals surface area contributed by atoms with Crippen LogP contribution >= 0.6 is 0 Å². The molecule has 29 heavy (non-hydrogen) atoms. The maximum absolute atomic E-state index is 12.6. The Labute approximate surface area is 167 Å². The van der Waals surface area contributed by atoms with Crippen molar-refractivity contribution in [3.63, 3.8) is 0 Å². The first-order valence-corrected chi connectivity index (χ1v) is 9.44. The minimum atomic E-state index is -0.0798. The van der Waals surface area contributed by atoms with Crippen LogP contribution in [0.1, 0.15) is 30.1 Å². The lowest BCUT2D eigenvalue weighted by Gasteiger charge is -2.32. The molecule has 1 aliphatic rings. The smallest absolute Gasteiger partial charge is 0.227 e. The van der Waals surface area contributed by atoms with Gasteiger partial charge in [0, 0.05) is 36.3 Å². The van der Waals surface area contributed by atoms with E-state index in [9.17, 15) is 9.59 Å². The van der Waals surface area contributed by atoms with Crippen LogP contribution in [0.5, 0.6) is 0 Å². The highest BCUT2D eigenvalue weighted by Gasteiger charge is 2.26. The normalized spacial score (nSPS) is 14.6. The van der Waals surface area contributed by atoms with Crippen molar-refractivity contribution in [2.45, 2.75) is 19.8 Å². The van der Waals surface area contributed by atoms with Crippen LogP contribution in [0.25, 0.3) is 5.82 Å². The van der Waals surface area contributed by atoms with E-state index in [1.165, 1.54) is 19.6 Å². The summed E-state index contributed by atoms with van der Waals surface area (Å²) >= 11 is 0. The Morgan fingerprint density at radius 1 is 1.07 bits per heavy atom. The molecule has 0 radical (unpaired) electrons. The first kappa shape index (κ1) is 18.7. The van der Waals surface area contributed by atoms with Crippen molar-refractivity contribution in [2.75, 3.05) is 23.3 Å². The number of aromatic nitrogens is 5. The van der Waals surface area contributed by atoms with E-state index in [0.717, 1.165) is 31.7 Å². The highest BCUT2D eigenvalue weighted by atomic mass is 16.2. The van der Waals surface area contributed by atoms with Crippen LogP contribution in [0.15, 0.2) is 49.3 Å². The van der Waals surface area contributed by atoms with Crippen LogP contribution in [-0.4, -0.2) is 49.5 Å². The van der Waals surface area contributed by atoms with Crippen molar-refractivity contribution in [3.8, 4) is 5.82 Å². The highest BCUT2D eigenvalue weighted by Crippen LogP contribution is 2.24. The number of piperidine rings is 1. The molecule has 1 saturated heterocycles. The Hall–Kier alpha value is -3.62. The standard InChI is InChI=1S/C20H21N7O2/c1-14(28)16-3-2-4-17(9-16)25-20(29)15-5-7-26(8-6-15)18-10-19(23-12-22-18)27-13-21-11-24-27/h2-4,9-13,15H,5-8H2,1H3,(H,25,29). The average Bonchev–Trinajstić information content (AvgIpc) is 3.29. The first-order chi connectivity index (χ1) is 14.1. The number of amides is 1. The Morgan fingerprint density at radius 3 is 2.59 bits per heavy atom. The summed E-state index contributed by atoms with van der Waals surface area (Å²) in [5.41, 5.74) is 1.24. The monoisotopic (exact) mass is 391 g/mol. The Balaban J connectivity index is 1.37. The van der Waals surface area contributed by atoms with Gasteiger partial charge in [-0.15, -0.1) is 0 Å². The molecule has 1 N–H and O–H groups in total. The van der Waals surface area contributed by atoms with Gasteiger partial charge in [0.1, 0.15) is 24.8 Å². The summed E-state index contributed by atoms with van der Waals surface area (Å²) in [4.78, 5) is 38.8. The Morgan fingerprint density at radius 2 is 1.86 bits per heavy atom. The van der Waals surface area contributed by atoms with E-state index in [0.29, 0.717) is 17.1 Å². The molecular weight excluding hydrogens is 370 g/mol. The summed E-state index contributed by atoms with van der Waals surface area (Å²) in [6.45, 7) is 2.96. The molecule has 148 valence electrons. The van der Waals surface area contributed by atoms with Gasteiger partial charge < -0.3 is 10.2 Å². The van der Waals surface area contributed by atoms with E-state index < -0.39 is 0 Å². The van der Waals surface area contributed by atoms with E-state index in [-0.39, 0.29) is 17.6 Å². The molecule has 2 aromatic heterocycles. The average molecular weight is 391 g/mol. The molecule has 0 bridgehead atoms. The predicted octanol–water partition coefficient (Wildman–Crippen LogP) is 2.11. The number of Topliss-reactive ketones (excluding diaryl/α,β-unsaturated/α-hetero) is 1. The van der Waals surface area contributed by atoms with Crippen LogP contribution < -0.4 is 10.2 Å². The molecule has 3 heterocycles. The summed E-state index contributed by atoms with van der Waals surface area (Å²) in [6, 6.07) is 8.89. The van der Waals surface area contributed by atoms with Gasteiger partial charge in [0.15, 0.2) is 11.6 Å². The number of carbonyl (C=O) groups is 2. The summed E-state index contributed by atoms with van der Waals surface area (Å²) < 4.78 is 1.58. The molecule has 0 atom stereocenters. The molecule has 0 aliphatic carbocycles. The number of hydrogen-bond acceptors (Lipinski definition) is 7. The molecule has 3 aromatic rings. The van der Waals surface area contributed by atoms with Gasteiger partial charge in [-0.2, -0.15) is 5.10 Å². The molecular formula is C20H21N7O2. The van der Waals surface area contributed by atoms with E-state index in [2.05, 4.69) is 30.3 Å². The SMILES string of the molecule is CC(=O)c1cccc(NC(=O)C2CCN(c3cc(-n4cncn4)ncn3)CC2)c1. The third kappa shape index (κ3) is 4.29. The number of nitrogens with zero attached hydrogens (tertiary/aromatic N) is 6. The number of anilines is 2. The summed E-state index contributed by atoms with van der Waals surface area (Å²) in [6.07, 6.45) is 6.00. The second kappa shape index (κ2) is 8.17. The fourth-order valence-corrected chi connectivity index (χ4v) is 3.39. The van der Waals surface area contributed by atoms with Gasteiger partial charge >= 0.3 is 0 Å². The maximum Gasteiger partial charge on any atom is 0.227 e. The van der Waals surface area contributed by atoms with Gasteiger partial charge in [0.25, 0.3) is 0 Å². The number of carbonyl (C=O) groups excluding carboxylic acids is 2. The van der Waals surface area contributed by atoms with Crippen molar-refractivity contribution in [1.29, 1.82) is 0 Å². The highest BCUT2D eigenvalue weighted by molar-refractivity contribution is 5.97. The number of ketones is 1. The lowest BCUT2D eigenvalue weighted by molar-refractivity contribution is -0.120. The van der Waals surface area contributed by atoms with E-state index in [4.69, 9.17) is 0 Å². The van der Waals surface area contributed by atoms with E-state index >= 15 is 0 Å². The molecule has 1 aromatic carbocycles. The van der Waals surface area contributed by atoms with Gasteiger partial charge in [0.05, 0.1) is 0 Å². The lowest BCUT2D eigenvalue weighted by atomic mass is 9.95. The van der Waals surface area contributed by atoms with Crippen LogP contribution in [0, 0.1) is 5.92 Å². The first-order valence-electron chi connectivity index (χ1n) is 9.44. The zero-order valence-electron chi connectivity index (χ0n) is 16.0.